The van der Waals surface area contributed by atoms with Gasteiger partial charge in [-0.25, -0.2) is 9.37 Å². The number of aliphatic hydroxyl groups excluding tert-OH is 1. The minimum atomic E-state index is -0.316. The molecule has 5 nitrogen and oxygen atoms in total. The minimum absolute atomic E-state index is 0.00317. The van der Waals surface area contributed by atoms with Crippen LogP contribution in [0, 0.1) is 15.3 Å². The number of rotatable bonds is 7. The third kappa shape index (κ3) is 4.78. The molecule has 3 N–H and O–H groups in total. The first-order valence-electron chi connectivity index (χ1n) is 8.44. The number of hydrogen-bond acceptors (Lipinski definition) is 5. The molecule has 1 fully saturated rings. The van der Waals surface area contributed by atoms with E-state index in [0.717, 1.165) is 22.1 Å². The predicted octanol–water partition coefficient (Wildman–Crippen LogP) is 4.27. The monoisotopic (exact) mass is 456 g/mol. The Labute approximate surface area is 160 Å². The van der Waals surface area contributed by atoms with Crippen LogP contribution in [0.2, 0.25) is 0 Å². The highest BCUT2D eigenvalue weighted by molar-refractivity contribution is 14.1. The predicted molar refractivity (Wildman–Crippen MR) is 106 cm³/mol. The van der Waals surface area contributed by atoms with E-state index < -0.39 is 0 Å². The largest absolute Gasteiger partial charge is 0.394 e. The molecular weight excluding hydrogens is 434 g/mol. The molecule has 134 valence electrons. The van der Waals surface area contributed by atoms with Crippen LogP contribution in [0.5, 0.6) is 0 Å². The smallest absolute Gasteiger partial charge is 0.225 e. The fraction of sp³-hybridized carbons (Fsp3) is 0.444. The van der Waals surface area contributed by atoms with Gasteiger partial charge in [0.25, 0.3) is 0 Å². The van der Waals surface area contributed by atoms with Gasteiger partial charge in [0, 0.05) is 15.6 Å². The first-order valence-corrected chi connectivity index (χ1v) is 9.52. The highest BCUT2D eigenvalue weighted by Gasteiger charge is 2.27. The molecule has 0 unspecified atom stereocenters. The van der Waals surface area contributed by atoms with Crippen LogP contribution in [0.4, 0.5) is 21.8 Å². The lowest BCUT2D eigenvalue weighted by Crippen LogP contribution is -2.30. The highest BCUT2D eigenvalue weighted by Crippen LogP contribution is 2.40. The van der Waals surface area contributed by atoms with Gasteiger partial charge in [-0.1, -0.05) is 13.8 Å². The Morgan fingerprint density at radius 1 is 1.28 bits per heavy atom. The number of anilines is 3. The van der Waals surface area contributed by atoms with Crippen molar-refractivity contribution in [1.82, 2.24) is 9.97 Å². The molecule has 1 aromatic heterocycles. The Morgan fingerprint density at radius 3 is 2.64 bits per heavy atom. The summed E-state index contributed by atoms with van der Waals surface area (Å²) < 4.78 is 15.0. The van der Waals surface area contributed by atoms with Gasteiger partial charge in [0.2, 0.25) is 5.95 Å². The Balaban J connectivity index is 1.87. The summed E-state index contributed by atoms with van der Waals surface area (Å²) in [5, 5.41) is 15.8. The second-order valence-corrected chi connectivity index (χ2v) is 7.95. The summed E-state index contributed by atoms with van der Waals surface area (Å²) in [4.78, 5) is 9.04. The summed E-state index contributed by atoms with van der Waals surface area (Å²) in [6.45, 7) is 4.06. The van der Waals surface area contributed by atoms with Crippen LogP contribution in [0.3, 0.4) is 0 Å². The zero-order valence-electron chi connectivity index (χ0n) is 14.3. The van der Waals surface area contributed by atoms with Gasteiger partial charge in [0.05, 0.1) is 24.0 Å². The fourth-order valence-corrected chi connectivity index (χ4v) is 2.95. The normalized spacial score (nSPS) is 15.3. The second kappa shape index (κ2) is 7.82. The molecule has 1 saturated carbocycles. The molecule has 0 aliphatic heterocycles. The molecule has 3 rings (SSSR count). The molecule has 0 spiro atoms. The van der Waals surface area contributed by atoms with Crippen molar-refractivity contribution in [3.8, 4) is 0 Å². The van der Waals surface area contributed by atoms with E-state index in [1.807, 2.05) is 26.0 Å². The van der Waals surface area contributed by atoms with Gasteiger partial charge in [-0.15, -0.1) is 0 Å². The van der Waals surface area contributed by atoms with Crippen molar-refractivity contribution in [2.45, 2.75) is 38.6 Å². The first kappa shape index (κ1) is 18.3. The van der Waals surface area contributed by atoms with E-state index in [4.69, 9.17) is 0 Å². The molecule has 0 saturated heterocycles. The highest BCUT2D eigenvalue weighted by atomic mass is 127. The summed E-state index contributed by atoms with van der Waals surface area (Å²) in [5.41, 5.74) is 1.33. The summed E-state index contributed by atoms with van der Waals surface area (Å²) >= 11 is 2.08. The summed E-state index contributed by atoms with van der Waals surface area (Å²) in [6, 6.07) is 6.77. The van der Waals surface area contributed by atoms with Crippen molar-refractivity contribution in [3.63, 3.8) is 0 Å². The van der Waals surface area contributed by atoms with Crippen LogP contribution in [0.15, 0.2) is 24.3 Å². The van der Waals surface area contributed by atoms with Crippen LogP contribution in [-0.4, -0.2) is 27.7 Å². The molecule has 1 atom stereocenters. The van der Waals surface area contributed by atoms with E-state index in [0.29, 0.717) is 23.4 Å². The molecule has 0 amide bonds. The molecule has 1 aliphatic rings. The van der Waals surface area contributed by atoms with Crippen LogP contribution in [-0.2, 0) is 0 Å². The number of aromatic nitrogens is 2. The van der Waals surface area contributed by atoms with E-state index in [1.165, 1.54) is 6.07 Å². The van der Waals surface area contributed by atoms with E-state index >= 15 is 0 Å². The summed E-state index contributed by atoms with van der Waals surface area (Å²) in [5.74, 6) is 1.38. The van der Waals surface area contributed by atoms with Crippen LogP contribution < -0.4 is 10.6 Å². The molecule has 2 aromatic rings. The quantitative estimate of drug-likeness (QED) is 0.543. The third-order valence-electron chi connectivity index (χ3n) is 4.25. The summed E-state index contributed by atoms with van der Waals surface area (Å²) in [7, 11) is 0. The Morgan fingerprint density at radius 2 is 2.04 bits per heavy atom. The van der Waals surface area contributed by atoms with E-state index in [2.05, 4.69) is 43.2 Å². The number of halogens is 2. The van der Waals surface area contributed by atoms with E-state index in [9.17, 15) is 9.50 Å². The van der Waals surface area contributed by atoms with Gasteiger partial charge in [-0.3, -0.25) is 0 Å². The molecule has 1 aromatic carbocycles. The second-order valence-electron chi connectivity index (χ2n) is 6.70. The Hall–Kier alpha value is -1.48. The zero-order valence-corrected chi connectivity index (χ0v) is 16.4. The van der Waals surface area contributed by atoms with Crippen molar-refractivity contribution in [3.05, 3.63) is 39.3 Å². The van der Waals surface area contributed by atoms with Crippen molar-refractivity contribution < 1.29 is 9.50 Å². The van der Waals surface area contributed by atoms with Gasteiger partial charge in [0.15, 0.2) is 0 Å². The molecule has 0 bridgehead atoms. The molecule has 25 heavy (non-hydrogen) atoms. The van der Waals surface area contributed by atoms with Crippen molar-refractivity contribution in [2.75, 3.05) is 17.2 Å². The number of nitrogens with one attached hydrogen (secondary N) is 2. The molecule has 1 heterocycles. The topological polar surface area (TPSA) is 70.1 Å². The van der Waals surface area contributed by atoms with Crippen LogP contribution in [0.1, 0.15) is 38.3 Å². The zero-order chi connectivity index (χ0) is 18.0. The average Bonchev–Trinajstić information content (AvgIpc) is 3.40. The van der Waals surface area contributed by atoms with Gasteiger partial charge in [-0.2, -0.15) is 4.98 Å². The molecular formula is C18H22FIN4O. The third-order valence-corrected chi connectivity index (χ3v) is 4.92. The number of benzene rings is 1. The van der Waals surface area contributed by atoms with Crippen LogP contribution in [0.25, 0.3) is 0 Å². The van der Waals surface area contributed by atoms with Crippen LogP contribution >= 0.6 is 22.6 Å². The SMILES string of the molecule is CC(C)[C@@H](CO)Nc1nc(Nc2ccc(I)cc2F)cc(C2CC2)n1. The first-order chi connectivity index (χ1) is 12.0. The van der Waals surface area contributed by atoms with Crippen molar-refractivity contribution in [1.29, 1.82) is 0 Å². The standard InChI is InChI=1S/C18H22FIN4O/c1-10(2)16(9-25)23-18-22-15(11-3-4-11)8-17(24-18)21-14-6-5-12(20)7-13(14)19/h5-8,10-11,16,25H,3-4,9H2,1-2H3,(H2,21,22,23,24)/t16-/m1/s1. The number of aliphatic hydroxyl groups is 1. The maximum absolute atomic E-state index is 14.1. The summed E-state index contributed by atoms with van der Waals surface area (Å²) in [6.07, 6.45) is 2.22. The Kier molecular flexibility index (Phi) is 5.73. The van der Waals surface area contributed by atoms with Gasteiger partial charge < -0.3 is 15.7 Å². The van der Waals surface area contributed by atoms with Gasteiger partial charge >= 0.3 is 0 Å². The Bertz CT molecular complexity index is 752. The minimum Gasteiger partial charge on any atom is -0.394 e. The number of nitrogens with zero attached hydrogens (tertiary/aromatic N) is 2. The van der Waals surface area contributed by atoms with E-state index in [1.54, 1.807) is 6.07 Å². The van der Waals surface area contributed by atoms with Gasteiger partial charge in [-0.05, 0) is 59.5 Å². The number of hydrogen-bond donors (Lipinski definition) is 3. The molecule has 1 aliphatic carbocycles. The lowest BCUT2D eigenvalue weighted by Gasteiger charge is -2.20. The lowest BCUT2D eigenvalue weighted by molar-refractivity contribution is 0.248. The van der Waals surface area contributed by atoms with Crippen molar-refractivity contribution >= 4 is 40.0 Å². The van der Waals surface area contributed by atoms with Crippen molar-refractivity contribution in [2.24, 2.45) is 5.92 Å². The molecule has 0 radical (unpaired) electrons. The molecule has 7 heteroatoms. The van der Waals surface area contributed by atoms with Gasteiger partial charge in [0.1, 0.15) is 11.6 Å². The maximum Gasteiger partial charge on any atom is 0.225 e. The fourth-order valence-electron chi connectivity index (χ4n) is 2.50. The van der Waals surface area contributed by atoms with E-state index in [-0.39, 0.29) is 24.4 Å². The average molecular weight is 456 g/mol. The maximum atomic E-state index is 14.1. The lowest BCUT2D eigenvalue weighted by atomic mass is 10.1.